The van der Waals surface area contributed by atoms with Gasteiger partial charge in [-0.05, 0) is 43.3 Å². The molecule has 1 aliphatic heterocycles. The normalized spacial score (nSPS) is 14.8. The molecule has 1 heterocycles. The maximum Gasteiger partial charge on any atom is 0.253 e. The van der Waals surface area contributed by atoms with Crippen LogP contribution in [0.1, 0.15) is 26.3 Å². The van der Waals surface area contributed by atoms with Gasteiger partial charge in [0.15, 0.2) is 0 Å². The number of nitrogens with one attached hydrogen (secondary N) is 1. The number of piperazine rings is 1. The van der Waals surface area contributed by atoms with Gasteiger partial charge in [-0.15, -0.1) is 0 Å². The van der Waals surface area contributed by atoms with E-state index in [1.807, 2.05) is 11.9 Å². The standard InChI is InChI=1S/C21H24FN3O2/c1-24-11-13-25(14-12-24)21(27)18-7-4-6-17(15-18)20(26)23-10-9-16-5-2-3-8-19(16)22/h2-8,15H,9-14H2,1H3,(H,23,26). The number of rotatable bonds is 5. The molecular formula is C21H24FN3O2. The lowest BCUT2D eigenvalue weighted by molar-refractivity contribution is 0.0664. The van der Waals surface area contributed by atoms with Gasteiger partial charge in [0.2, 0.25) is 0 Å². The summed E-state index contributed by atoms with van der Waals surface area (Å²) in [6.45, 7) is 3.41. The van der Waals surface area contributed by atoms with Gasteiger partial charge in [-0.3, -0.25) is 9.59 Å². The van der Waals surface area contributed by atoms with Crippen molar-refractivity contribution in [2.24, 2.45) is 0 Å². The van der Waals surface area contributed by atoms with E-state index in [0.29, 0.717) is 42.7 Å². The molecule has 0 spiro atoms. The van der Waals surface area contributed by atoms with Gasteiger partial charge in [-0.25, -0.2) is 4.39 Å². The molecule has 2 aromatic rings. The fourth-order valence-corrected chi connectivity index (χ4v) is 3.10. The second kappa shape index (κ2) is 8.77. The summed E-state index contributed by atoms with van der Waals surface area (Å²) >= 11 is 0. The van der Waals surface area contributed by atoms with Crippen molar-refractivity contribution in [1.29, 1.82) is 0 Å². The molecule has 6 heteroatoms. The first-order valence-electron chi connectivity index (χ1n) is 9.14. The van der Waals surface area contributed by atoms with Crippen LogP contribution in [0.15, 0.2) is 48.5 Å². The van der Waals surface area contributed by atoms with Crippen molar-refractivity contribution < 1.29 is 14.0 Å². The van der Waals surface area contributed by atoms with E-state index in [4.69, 9.17) is 0 Å². The predicted molar refractivity (Wildman–Crippen MR) is 102 cm³/mol. The van der Waals surface area contributed by atoms with Gasteiger partial charge in [0, 0.05) is 43.9 Å². The molecule has 3 rings (SSSR count). The van der Waals surface area contributed by atoms with Crippen LogP contribution in [0, 0.1) is 5.82 Å². The lowest BCUT2D eigenvalue weighted by Crippen LogP contribution is -2.47. The number of carbonyl (C=O) groups excluding carboxylic acids is 2. The fraction of sp³-hybridized carbons (Fsp3) is 0.333. The first-order valence-corrected chi connectivity index (χ1v) is 9.14. The molecule has 0 aliphatic carbocycles. The Morgan fingerprint density at radius 1 is 1.00 bits per heavy atom. The molecular weight excluding hydrogens is 345 g/mol. The summed E-state index contributed by atoms with van der Waals surface area (Å²) in [4.78, 5) is 29.0. The SMILES string of the molecule is CN1CCN(C(=O)c2cccc(C(=O)NCCc3ccccc3F)c2)CC1. The molecule has 0 aromatic heterocycles. The minimum Gasteiger partial charge on any atom is -0.352 e. The molecule has 0 unspecified atom stereocenters. The fourth-order valence-electron chi connectivity index (χ4n) is 3.10. The van der Waals surface area contributed by atoms with Gasteiger partial charge in [0.05, 0.1) is 0 Å². The number of benzene rings is 2. The monoisotopic (exact) mass is 369 g/mol. The highest BCUT2D eigenvalue weighted by atomic mass is 19.1. The summed E-state index contributed by atoms with van der Waals surface area (Å²) in [5, 5.41) is 2.79. The molecule has 2 aromatic carbocycles. The first-order chi connectivity index (χ1) is 13.0. The van der Waals surface area contributed by atoms with E-state index in [9.17, 15) is 14.0 Å². The molecule has 142 valence electrons. The second-order valence-electron chi connectivity index (χ2n) is 6.77. The number of nitrogens with zero attached hydrogens (tertiary/aromatic N) is 2. The van der Waals surface area contributed by atoms with Crippen molar-refractivity contribution in [1.82, 2.24) is 15.1 Å². The number of hydrogen-bond donors (Lipinski definition) is 1. The summed E-state index contributed by atoms with van der Waals surface area (Å²) in [5.41, 5.74) is 1.52. The zero-order chi connectivity index (χ0) is 19.2. The van der Waals surface area contributed by atoms with Crippen molar-refractivity contribution in [3.63, 3.8) is 0 Å². The van der Waals surface area contributed by atoms with E-state index in [2.05, 4.69) is 10.2 Å². The average Bonchev–Trinajstić information content (AvgIpc) is 2.69. The molecule has 5 nitrogen and oxygen atoms in total. The molecule has 1 fully saturated rings. The molecule has 1 N–H and O–H groups in total. The van der Waals surface area contributed by atoms with Crippen LogP contribution in [0.4, 0.5) is 4.39 Å². The van der Waals surface area contributed by atoms with Crippen molar-refractivity contribution in [2.45, 2.75) is 6.42 Å². The van der Waals surface area contributed by atoms with Gasteiger partial charge in [-0.2, -0.15) is 0 Å². The number of likely N-dealkylation sites (N-methyl/N-ethyl adjacent to an activating group) is 1. The van der Waals surface area contributed by atoms with Crippen LogP contribution < -0.4 is 5.32 Å². The largest absolute Gasteiger partial charge is 0.352 e. The first kappa shape index (κ1) is 19.0. The van der Waals surface area contributed by atoms with Crippen LogP contribution in [0.2, 0.25) is 0 Å². The minimum absolute atomic E-state index is 0.0518. The number of halogens is 1. The third-order valence-corrected chi connectivity index (χ3v) is 4.80. The van der Waals surface area contributed by atoms with Crippen molar-refractivity contribution >= 4 is 11.8 Å². The smallest absolute Gasteiger partial charge is 0.253 e. The minimum atomic E-state index is -0.272. The number of hydrogen-bond acceptors (Lipinski definition) is 3. The van der Waals surface area contributed by atoms with Crippen molar-refractivity contribution in [3.8, 4) is 0 Å². The molecule has 0 saturated carbocycles. The number of carbonyl (C=O) groups is 2. The molecule has 2 amide bonds. The Hall–Kier alpha value is -2.73. The molecule has 0 atom stereocenters. The van der Waals surface area contributed by atoms with Crippen LogP contribution in [0.5, 0.6) is 0 Å². The Kier molecular flexibility index (Phi) is 6.19. The second-order valence-corrected chi connectivity index (χ2v) is 6.77. The summed E-state index contributed by atoms with van der Waals surface area (Å²) in [6, 6.07) is 13.3. The quantitative estimate of drug-likeness (QED) is 0.879. The lowest BCUT2D eigenvalue weighted by atomic mass is 10.1. The molecule has 27 heavy (non-hydrogen) atoms. The van der Waals surface area contributed by atoms with Gasteiger partial charge >= 0.3 is 0 Å². The Bertz CT molecular complexity index is 817. The summed E-state index contributed by atoms with van der Waals surface area (Å²) in [7, 11) is 2.04. The van der Waals surface area contributed by atoms with Crippen molar-refractivity contribution in [3.05, 3.63) is 71.0 Å². The van der Waals surface area contributed by atoms with Crippen molar-refractivity contribution in [2.75, 3.05) is 39.8 Å². The topological polar surface area (TPSA) is 52.7 Å². The van der Waals surface area contributed by atoms with Crippen LogP contribution in [-0.4, -0.2) is 61.4 Å². The van der Waals surface area contributed by atoms with Gasteiger partial charge < -0.3 is 15.1 Å². The maximum absolute atomic E-state index is 13.6. The number of amides is 2. The zero-order valence-electron chi connectivity index (χ0n) is 15.5. The zero-order valence-corrected chi connectivity index (χ0v) is 15.5. The third kappa shape index (κ3) is 4.92. The summed E-state index contributed by atoms with van der Waals surface area (Å²) in [5.74, 6) is -0.588. The van der Waals surface area contributed by atoms with Crippen LogP contribution >= 0.6 is 0 Å². The summed E-state index contributed by atoms with van der Waals surface area (Å²) in [6.07, 6.45) is 0.415. The Morgan fingerprint density at radius 2 is 1.70 bits per heavy atom. The molecule has 1 saturated heterocycles. The van der Waals surface area contributed by atoms with Crippen LogP contribution in [0.25, 0.3) is 0 Å². The van der Waals surface area contributed by atoms with Gasteiger partial charge in [0.1, 0.15) is 5.82 Å². The van der Waals surface area contributed by atoms with Gasteiger partial charge in [-0.1, -0.05) is 24.3 Å². The molecule has 0 radical (unpaired) electrons. The van der Waals surface area contributed by atoms with Gasteiger partial charge in [0.25, 0.3) is 11.8 Å². The highest BCUT2D eigenvalue weighted by Gasteiger charge is 2.21. The van der Waals surface area contributed by atoms with Crippen LogP contribution in [0.3, 0.4) is 0 Å². The van der Waals surface area contributed by atoms with E-state index in [0.717, 1.165) is 13.1 Å². The maximum atomic E-state index is 13.6. The highest BCUT2D eigenvalue weighted by molar-refractivity contribution is 5.99. The van der Waals surface area contributed by atoms with E-state index in [-0.39, 0.29) is 17.6 Å². The van der Waals surface area contributed by atoms with E-state index in [1.54, 1.807) is 42.5 Å². The molecule has 0 bridgehead atoms. The van der Waals surface area contributed by atoms with E-state index < -0.39 is 0 Å². The summed E-state index contributed by atoms with van der Waals surface area (Å²) < 4.78 is 13.6. The third-order valence-electron chi connectivity index (χ3n) is 4.80. The van der Waals surface area contributed by atoms with E-state index in [1.165, 1.54) is 6.07 Å². The Labute approximate surface area is 158 Å². The van der Waals surface area contributed by atoms with Crippen LogP contribution in [-0.2, 0) is 6.42 Å². The average molecular weight is 369 g/mol. The lowest BCUT2D eigenvalue weighted by Gasteiger charge is -2.32. The highest BCUT2D eigenvalue weighted by Crippen LogP contribution is 2.11. The predicted octanol–water partition coefficient (Wildman–Crippen LogP) is 2.19. The Balaban J connectivity index is 1.58. The molecule has 1 aliphatic rings. The van der Waals surface area contributed by atoms with E-state index >= 15 is 0 Å². The Morgan fingerprint density at radius 3 is 2.44 bits per heavy atom.